The highest BCUT2D eigenvalue weighted by molar-refractivity contribution is 5.91. The monoisotopic (exact) mass is 1770 g/mol. The number of quaternary nitrogens is 1. The fraction of sp³-hybridized carbons (Fsp3) is 0.787. The van der Waals surface area contributed by atoms with Crippen LogP contribution in [0, 0.1) is 71.0 Å². The van der Waals surface area contributed by atoms with Crippen LogP contribution in [0.5, 0.6) is 0 Å². The van der Waals surface area contributed by atoms with E-state index in [1.54, 1.807) is 19.6 Å². The summed E-state index contributed by atoms with van der Waals surface area (Å²) in [4.78, 5) is 177. The zero-order valence-electron chi connectivity index (χ0n) is 73.5. The van der Waals surface area contributed by atoms with Gasteiger partial charge in [-0.15, -0.1) is 0 Å². The van der Waals surface area contributed by atoms with Crippen molar-refractivity contribution < 1.29 is 131 Å². The molecule has 12 bridgehead atoms. The number of nitrogens with zero attached hydrogens (tertiary/aromatic N) is 10. The lowest BCUT2D eigenvalue weighted by Crippen LogP contribution is -3.12. The number of likely N-dealkylation sites (tertiary alicyclic amines) is 1. The van der Waals surface area contributed by atoms with Gasteiger partial charge in [0.2, 0.25) is 35.4 Å². The van der Waals surface area contributed by atoms with Crippen LogP contribution in [-0.2, 0) is 97.2 Å². The molecular formula is C89H129N11O26-2. The van der Waals surface area contributed by atoms with E-state index in [-0.39, 0.29) is 115 Å². The van der Waals surface area contributed by atoms with Crippen LogP contribution < -0.4 is 20.2 Å². The normalized spacial score (nSPS) is 35.9. The van der Waals surface area contributed by atoms with E-state index in [9.17, 15) is 93.0 Å². The van der Waals surface area contributed by atoms with Crippen LogP contribution in [0.25, 0.3) is 0 Å². The molecule has 12 unspecified atom stereocenters. The quantitative estimate of drug-likeness (QED) is 0.135. The summed E-state index contributed by atoms with van der Waals surface area (Å²) in [5, 5.41) is 62.1. The molecule has 0 spiro atoms. The number of fused-ring (bicyclic) bond motifs is 12. The van der Waals surface area contributed by atoms with E-state index in [1.165, 1.54) is 10.5 Å². The molecule has 4 N–H and O–H groups in total. The van der Waals surface area contributed by atoms with E-state index >= 15 is 0 Å². The lowest BCUT2D eigenvalue weighted by Gasteiger charge is -2.38. The van der Waals surface area contributed by atoms with Gasteiger partial charge in [0, 0.05) is 160 Å². The van der Waals surface area contributed by atoms with Gasteiger partial charge in [-0.1, -0.05) is 37.3 Å². The van der Waals surface area contributed by atoms with Crippen LogP contribution in [0.4, 0.5) is 4.79 Å². The van der Waals surface area contributed by atoms with Crippen molar-refractivity contribution in [3.05, 3.63) is 35.9 Å². The van der Waals surface area contributed by atoms with Crippen molar-refractivity contribution in [2.24, 2.45) is 71.0 Å². The van der Waals surface area contributed by atoms with Gasteiger partial charge in [0.05, 0.1) is 160 Å². The van der Waals surface area contributed by atoms with Gasteiger partial charge < -0.3 is 127 Å². The number of aliphatic carboxylic acids is 6. The van der Waals surface area contributed by atoms with E-state index in [4.69, 9.17) is 33.2 Å². The first-order valence-electron chi connectivity index (χ1n) is 46.2. The second-order valence-electron chi connectivity index (χ2n) is 38.5. The standard InChI is InChI=1S/C19H24N2O4.C17H26N2O6.C14H22N2O4.2C13H20N2O4.C13H19NO4/c22-18(16-14-6-7-15(25-14)17(16)19(23)24)21-10-8-20(9-11-21)12-13-4-2-1-3-5-13;1-17(2,3)25-16(23)19-8-6-18(7-9-19)14(20)12-10-4-5-11(24-10)13(12)15(21)22;1-2-15-5-7-16(8-6-15)13(17)11-9-3-4-10(20-9)12(11)14(18)19;2*1-14-4-6-15(7-5-14)12(16)10-8-2-3-9(19-8)11(10)13(17)18;15-12(14-6-2-1-3-7-14)10-8-4-5-9(18-8)11(10)13(16)17/h1-5,14-17H,6-12H2,(H,23,24);10-13H,4-9H2,1-3H3,(H,21,22);9-12H,2-8H2,1H3,(H,18,19);2*8-11H,2-7H2,1H3,(H,17,18);8-11H,1-7H2,(H,16,17)/p-2/t14-,15+,16?,17?;10-,11+,12?,13?;9-,10+,11?,12?;3*8-,9+,10?,11?/m000000/s1. The maximum atomic E-state index is 12.9. The van der Waals surface area contributed by atoms with E-state index < -0.39 is 112 Å². The van der Waals surface area contributed by atoms with Crippen molar-refractivity contribution in [3.63, 3.8) is 0 Å². The average Bonchev–Trinajstić information content (AvgIpc) is 1.66. The Balaban J connectivity index is 0.000000123. The second-order valence-corrected chi connectivity index (χ2v) is 38.5. The van der Waals surface area contributed by atoms with Crippen molar-refractivity contribution >= 4 is 77.4 Å². The molecule has 698 valence electrons. The number of amides is 7. The zero-order chi connectivity index (χ0) is 89.9. The summed E-state index contributed by atoms with van der Waals surface area (Å²) < 4.78 is 39.3. The number of hydrogen-bond donors (Lipinski definition) is 4. The molecule has 7 amide bonds. The molecule has 18 fully saturated rings. The van der Waals surface area contributed by atoms with Gasteiger partial charge >= 0.3 is 24.0 Å². The van der Waals surface area contributed by atoms with Gasteiger partial charge in [-0.25, -0.2) is 4.79 Å². The molecule has 37 heteroatoms. The van der Waals surface area contributed by atoms with E-state index in [2.05, 4.69) is 40.8 Å². The second kappa shape index (κ2) is 40.8. The Morgan fingerprint density at radius 1 is 0.349 bits per heavy atom. The van der Waals surface area contributed by atoms with Gasteiger partial charge in [-0.05, 0) is 136 Å². The molecule has 18 aliphatic heterocycles. The molecule has 0 aromatic heterocycles. The van der Waals surface area contributed by atoms with E-state index in [0.29, 0.717) is 85.0 Å². The molecule has 126 heavy (non-hydrogen) atoms. The van der Waals surface area contributed by atoms with Gasteiger partial charge in [0.25, 0.3) is 0 Å². The smallest absolute Gasteiger partial charge is 0.410 e. The molecule has 18 aliphatic rings. The number of rotatable bonds is 15. The van der Waals surface area contributed by atoms with Crippen LogP contribution in [0.2, 0.25) is 0 Å². The number of benzene rings is 1. The number of ether oxygens (including phenoxy) is 7. The Morgan fingerprint density at radius 2 is 0.603 bits per heavy atom. The number of piperazine rings is 5. The fourth-order valence-electron chi connectivity index (χ4n) is 23.0. The molecule has 19 rings (SSSR count). The minimum Gasteiger partial charge on any atom is -0.550 e. The molecule has 0 aliphatic carbocycles. The summed E-state index contributed by atoms with van der Waals surface area (Å²) in [5.41, 5.74) is 0.717. The third-order valence-corrected chi connectivity index (χ3v) is 29.7. The highest BCUT2D eigenvalue weighted by Gasteiger charge is 2.62. The van der Waals surface area contributed by atoms with Crippen LogP contribution in [-0.4, -0.2) is 385 Å². The van der Waals surface area contributed by atoms with Crippen molar-refractivity contribution in [1.29, 1.82) is 0 Å². The Labute approximate surface area is 735 Å². The minimum absolute atomic E-state index is 0.0206. The number of carbonyl (C=O) groups is 13. The maximum absolute atomic E-state index is 12.9. The highest BCUT2D eigenvalue weighted by atomic mass is 16.6. The number of piperidine rings is 1. The number of carboxylic acid groups (broad SMARTS) is 6. The van der Waals surface area contributed by atoms with Crippen LogP contribution in [0.3, 0.4) is 0 Å². The molecular weight excluding hydrogens is 1640 g/mol. The Hall–Kier alpha value is -8.27. The summed E-state index contributed by atoms with van der Waals surface area (Å²) in [6, 6.07) is 10.3. The Morgan fingerprint density at radius 3 is 0.897 bits per heavy atom. The highest BCUT2D eigenvalue weighted by Crippen LogP contribution is 2.50. The van der Waals surface area contributed by atoms with Crippen molar-refractivity contribution in [1.82, 2.24) is 49.0 Å². The number of hydrogen-bond acceptors (Lipinski definition) is 26. The average molecular weight is 1770 g/mol. The first kappa shape index (κ1) is 93.9. The first-order valence-corrected chi connectivity index (χ1v) is 46.2. The lowest BCUT2D eigenvalue weighted by atomic mass is 9.78. The number of likely N-dealkylation sites (N-methyl/N-ethyl adjacent to an activating group) is 3. The van der Waals surface area contributed by atoms with Gasteiger partial charge in [0.1, 0.15) is 5.60 Å². The first-order chi connectivity index (χ1) is 60.2. The lowest BCUT2D eigenvalue weighted by molar-refractivity contribution is -0.883. The molecule has 18 saturated heterocycles. The minimum atomic E-state index is -1.14. The molecule has 1 aromatic carbocycles. The number of carboxylic acids is 6. The SMILES string of the molecule is CC(C)(C)OC(=O)N1CCN(C(=O)C2C(C(=O)O)[C@H]3CC[C@@H]2O3)CC1.CCN1CCN(C(=O)C2C(C(=O)[O-])[C@H]3CC[C@@H]2O3)CC1.CN1CCN(C(=O)C2C(C(=O)O)[C@H]3CC[C@@H]2O3)CC1.C[NH+]1CCN(C(=O)C2C(C(=O)[O-])[C@H]3CC[C@@H]2O3)CC1.O=C(O)C1C(C(=O)N2CCN(Cc3ccccc3)CC2)[C@@H]2CC[C@H]1O2.O=C([O-])C1C(C(=O)N2CCCCC2)[C@@H]2CC[C@H]1O2. The molecule has 18 heterocycles. The van der Waals surface area contributed by atoms with Gasteiger partial charge in [-0.3, -0.25) is 48.1 Å². The summed E-state index contributed by atoms with van der Waals surface area (Å²) in [6.07, 6.45) is 8.85. The molecule has 0 saturated carbocycles. The van der Waals surface area contributed by atoms with Crippen LogP contribution in [0.1, 0.15) is 130 Å². The van der Waals surface area contributed by atoms with E-state index in [1.807, 2.05) is 60.7 Å². The Kier molecular flexibility index (Phi) is 30.4. The van der Waals surface area contributed by atoms with Gasteiger partial charge in [0.15, 0.2) is 0 Å². The van der Waals surface area contributed by atoms with Crippen molar-refractivity contribution in [2.45, 2.75) is 209 Å². The third-order valence-electron chi connectivity index (χ3n) is 29.7. The fourth-order valence-corrected chi connectivity index (χ4v) is 23.0. The predicted octanol–water partition coefficient (Wildman–Crippen LogP) is -3.09. The van der Waals surface area contributed by atoms with Crippen molar-refractivity contribution in [2.75, 3.05) is 165 Å². The number of carbonyl (C=O) groups excluding carboxylic acids is 10. The van der Waals surface area contributed by atoms with Crippen LogP contribution >= 0.6 is 0 Å². The summed E-state index contributed by atoms with van der Waals surface area (Å²) in [6.45, 7) is 24.9. The summed E-state index contributed by atoms with van der Waals surface area (Å²) in [7, 11) is 4.13. The largest absolute Gasteiger partial charge is 0.550 e. The summed E-state index contributed by atoms with van der Waals surface area (Å²) in [5.74, 6) is -14.0. The Bertz CT molecular complexity index is 3990. The van der Waals surface area contributed by atoms with Gasteiger partial charge in [-0.2, -0.15) is 0 Å². The molecule has 0 radical (unpaired) electrons. The van der Waals surface area contributed by atoms with E-state index in [0.717, 1.165) is 168 Å². The third kappa shape index (κ3) is 20.8. The van der Waals surface area contributed by atoms with Crippen LogP contribution in [0.15, 0.2) is 30.3 Å². The summed E-state index contributed by atoms with van der Waals surface area (Å²) >= 11 is 0. The van der Waals surface area contributed by atoms with Crippen molar-refractivity contribution in [3.8, 4) is 0 Å². The molecule has 24 atom stereocenters. The number of nitrogens with one attached hydrogen (secondary N) is 1. The predicted molar refractivity (Wildman–Crippen MR) is 436 cm³/mol. The molecule has 1 aromatic rings. The molecule has 37 nitrogen and oxygen atoms in total. The maximum Gasteiger partial charge on any atom is 0.410 e. The zero-order valence-corrected chi connectivity index (χ0v) is 73.5. The topological polar surface area (TPSA) is 453 Å².